The van der Waals surface area contributed by atoms with Crippen LogP contribution in [0.15, 0.2) is 0 Å². The Hall–Kier alpha value is 2.21. The number of hydrogen-bond donors (Lipinski definition) is 0. The van der Waals surface area contributed by atoms with Crippen molar-refractivity contribution in [3.63, 3.8) is 0 Å². The maximum atomic E-state index is 0. The van der Waals surface area contributed by atoms with Gasteiger partial charge in [-0.25, -0.2) is 0 Å². The monoisotopic (exact) mass is 263 g/mol. The molecule has 5 heavy (non-hydrogen) atoms. The molecule has 1 radical (unpaired) electrons. The van der Waals surface area contributed by atoms with Crippen LogP contribution in [0.25, 0.3) is 0 Å². The van der Waals surface area contributed by atoms with Crippen LogP contribution in [-0.2, 0) is 0 Å². The maximum Gasteiger partial charge on any atom is 3.00 e. The zero-order chi connectivity index (χ0) is 0. The Labute approximate surface area is 83.2 Å². The quantitative estimate of drug-likeness (QED) is 0.416. The number of halogens is 3. The molecule has 0 amide bonds. The largest absolute Gasteiger partial charge is 3.00 e. The van der Waals surface area contributed by atoms with Gasteiger partial charge in [0.05, 0.1) is 0 Å². The molecule has 0 aromatic heterocycles. The summed E-state index contributed by atoms with van der Waals surface area (Å²) in [6.45, 7) is 0. The van der Waals surface area contributed by atoms with E-state index < -0.39 is 0 Å². The standard InChI is InChI=1S/Ce.3ClH.H2O/h;3*1H;1H2/q+3;;;;/p-3. The summed E-state index contributed by atoms with van der Waals surface area (Å²) in [5.41, 5.74) is 0. The molecule has 0 fully saturated rings. The molecule has 0 rings (SSSR count). The molecule has 0 saturated heterocycles. The van der Waals surface area contributed by atoms with Crippen LogP contribution in [0.1, 0.15) is 0 Å². The Balaban J connectivity index is 0. The second kappa shape index (κ2) is 34.6. The first-order valence-corrected chi connectivity index (χ1v) is 0. The van der Waals surface area contributed by atoms with Crippen molar-refractivity contribution >= 4 is 0 Å². The van der Waals surface area contributed by atoms with Gasteiger partial charge in [-0.1, -0.05) is 0 Å². The fourth-order valence-electron chi connectivity index (χ4n) is 0. The minimum atomic E-state index is 0. The molecule has 5 heteroatoms. The molecule has 0 bridgehead atoms. The molecule has 0 heterocycles. The van der Waals surface area contributed by atoms with Crippen molar-refractivity contribution in [2.45, 2.75) is 0 Å². The van der Waals surface area contributed by atoms with Gasteiger partial charge < -0.3 is 42.7 Å². The second-order valence-electron chi connectivity index (χ2n) is 0. The molecule has 0 aliphatic heterocycles. The molecule has 1 nitrogen and oxygen atoms in total. The van der Waals surface area contributed by atoms with Crippen LogP contribution in [0.5, 0.6) is 0 Å². The molecule has 0 aromatic carbocycles. The van der Waals surface area contributed by atoms with E-state index in [-0.39, 0.29) is 84.4 Å². The average molecular weight is 264 g/mol. The summed E-state index contributed by atoms with van der Waals surface area (Å²) in [4.78, 5) is 0. The summed E-state index contributed by atoms with van der Waals surface area (Å²) in [7, 11) is 0. The van der Waals surface area contributed by atoms with Crippen molar-refractivity contribution in [1.82, 2.24) is 0 Å². The van der Waals surface area contributed by atoms with Gasteiger partial charge in [-0.15, -0.1) is 0 Å². The second-order valence-corrected chi connectivity index (χ2v) is 0. The fraction of sp³-hybridized carbons (Fsp3) is 0. The molecule has 0 aliphatic rings. The number of hydrogen-bond acceptors (Lipinski definition) is 0. The van der Waals surface area contributed by atoms with E-state index in [4.69, 9.17) is 0 Å². The Bertz CT molecular complexity index is 6.85. The van der Waals surface area contributed by atoms with Crippen LogP contribution in [0.3, 0.4) is 0 Å². The predicted molar refractivity (Wildman–Crippen MR) is 3.61 cm³/mol. The first kappa shape index (κ1) is 57.0. The molecule has 0 saturated carbocycles. The molecular weight excluding hydrogens is 262 g/mol. The van der Waals surface area contributed by atoms with Gasteiger partial charge in [0.15, 0.2) is 0 Å². The van der Waals surface area contributed by atoms with E-state index in [9.17, 15) is 0 Å². The van der Waals surface area contributed by atoms with E-state index in [2.05, 4.69) is 0 Å². The van der Waals surface area contributed by atoms with Crippen LogP contribution in [0.4, 0.5) is 0 Å². The third-order valence-corrected chi connectivity index (χ3v) is 0. The third-order valence-electron chi connectivity index (χ3n) is 0. The van der Waals surface area contributed by atoms with Gasteiger partial charge in [-0.3, -0.25) is 0 Å². The Kier molecular flexibility index (Phi) is 394. The summed E-state index contributed by atoms with van der Waals surface area (Å²) in [5, 5.41) is 0. The molecule has 33 valence electrons. The molecular formula is H2CeCl3O. The number of rotatable bonds is 0. The Morgan fingerprint density at radius 3 is 0.600 bits per heavy atom. The molecule has 2 N–H and O–H groups in total. The minimum Gasteiger partial charge on any atom is -1.00 e. The van der Waals surface area contributed by atoms with Crippen molar-refractivity contribution in [3.05, 3.63) is 0 Å². The minimum absolute atomic E-state index is 0. The summed E-state index contributed by atoms with van der Waals surface area (Å²) in [6, 6.07) is 0. The fourth-order valence-corrected chi connectivity index (χ4v) is 0. The Morgan fingerprint density at radius 1 is 0.600 bits per heavy atom. The van der Waals surface area contributed by atoms with Crippen molar-refractivity contribution < 1.29 is 84.4 Å². The molecule has 0 spiro atoms. The van der Waals surface area contributed by atoms with Crippen molar-refractivity contribution in [1.29, 1.82) is 0 Å². The first-order chi connectivity index (χ1) is 0. The van der Waals surface area contributed by atoms with Crippen LogP contribution in [0.2, 0.25) is 0 Å². The van der Waals surface area contributed by atoms with Gasteiger partial charge in [-0.2, -0.15) is 0 Å². The van der Waals surface area contributed by atoms with Gasteiger partial charge >= 0.3 is 41.7 Å². The third kappa shape index (κ3) is 22.6. The predicted octanol–water partition coefficient (Wildman–Crippen LogP) is -9.81. The average Bonchev–Trinajstić information content (AvgIpc) is 0. The van der Waals surface area contributed by atoms with Gasteiger partial charge in [0, 0.05) is 0 Å². The molecule has 0 aromatic rings. The van der Waals surface area contributed by atoms with E-state index in [1.54, 1.807) is 0 Å². The first-order valence-electron chi connectivity index (χ1n) is 0. The Morgan fingerprint density at radius 2 is 0.600 bits per heavy atom. The van der Waals surface area contributed by atoms with E-state index in [0.717, 1.165) is 0 Å². The molecule has 0 aliphatic carbocycles. The summed E-state index contributed by atoms with van der Waals surface area (Å²) in [5.74, 6) is 0. The van der Waals surface area contributed by atoms with Gasteiger partial charge in [0.2, 0.25) is 0 Å². The summed E-state index contributed by atoms with van der Waals surface area (Å²) >= 11 is 0. The van der Waals surface area contributed by atoms with Gasteiger partial charge in [-0.05, 0) is 0 Å². The van der Waals surface area contributed by atoms with Gasteiger partial charge in [0.25, 0.3) is 0 Å². The van der Waals surface area contributed by atoms with Crippen molar-refractivity contribution in [2.24, 2.45) is 0 Å². The van der Waals surface area contributed by atoms with E-state index in [1.807, 2.05) is 0 Å². The topological polar surface area (TPSA) is 31.5 Å². The van der Waals surface area contributed by atoms with E-state index in [1.165, 1.54) is 0 Å². The van der Waals surface area contributed by atoms with Crippen LogP contribution in [-0.4, -0.2) is 5.48 Å². The zero-order valence-corrected chi connectivity index (χ0v) is 7.54. The smallest absolute Gasteiger partial charge is 1.00 e. The zero-order valence-electron chi connectivity index (χ0n) is 2.13. The maximum absolute atomic E-state index is 0. The van der Waals surface area contributed by atoms with E-state index in [0.29, 0.717) is 0 Å². The van der Waals surface area contributed by atoms with E-state index >= 15 is 0 Å². The van der Waals surface area contributed by atoms with Crippen LogP contribution >= 0.6 is 0 Å². The van der Waals surface area contributed by atoms with Crippen molar-refractivity contribution in [2.75, 3.05) is 0 Å². The van der Waals surface area contributed by atoms with Crippen molar-refractivity contribution in [3.8, 4) is 0 Å². The summed E-state index contributed by atoms with van der Waals surface area (Å²) < 4.78 is 0. The normalized spacial score (nSPS) is 0. The molecule has 0 unspecified atom stereocenters. The van der Waals surface area contributed by atoms with Gasteiger partial charge in [0.1, 0.15) is 0 Å². The van der Waals surface area contributed by atoms with Crippen LogP contribution < -0.4 is 37.2 Å². The van der Waals surface area contributed by atoms with Crippen LogP contribution in [0, 0.1) is 41.7 Å². The molecule has 0 atom stereocenters. The SMILES string of the molecule is O.[Ce+3].[Cl-].[Cl-].[Cl-]. The summed E-state index contributed by atoms with van der Waals surface area (Å²) in [6.07, 6.45) is 0.